The van der Waals surface area contributed by atoms with Gasteiger partial charge >= 0.3 is 0 Å². The van der Waals surface area contributed by atoms with Crippen LogP contribution in [0, 0.1) is 5.92 Å². The fraction of sp³-hybridized carbons (Fsp3) is 0.500. The summed E-state index contributed by atoms with van der Waals surface area (Å²) in [5.74, 6) is 0.516. The lowest BCUT2D eigenvalue weighted by Gasteiger charge is -2.49. The van der Waals surface area contributed by atoms with E-state index in [0.29, 0.717) is 29.1 Å². The number of amides is 2. The Hall–Kier alpha value is -2.41. The number of fused-ring (bicyclic) bond motifs is 4. The van der Waals surface area contributed by atoms with Crippen molar-refractivity contribution in [3.8, 4) is 0 Å². The number of rotatable bonds is 3. The molecule has 0 unspecified atom stereocenters. The number of anilines is 1. The van der Waals surface area contributed by atoms with E-state index in [-0.39, 0.29) is 17.9 Å². The fourth-order valence-corrected chi connectivity index (χ4v) is 4.06. The number of pyridine rings is 1. The van der Waals surface area contributed by atoms with Crippen LogP contribution < -0.4 is 10.6 Å². The Morgan fingerprint density at radius 1 is 1.28 bits per heavy atom. The molecule has 25 heavy (non-hydrogen) atoms. The first-order chi connectivity index (χ1) is 12.0. The molecule has 0 saturated carbocycles. The summed E-state index contributed by atoms with van der Waals surface area (Å²) in [4.78, 5) is 30.5. The van der Waals surface area contributed by atoms with Crippen molar-refractivity contribution in [2.75, 3.05) is 18.4 Å². The molecule has 7 nitrogen and oxygen atoms in total. The summed E-state index contributed by atoms with van der Waals surface area (Å²) in [6, 6.07) is 3.84. The van der Waals surface area contributed by atoms with Crippen molar-refractivity contribution in [1.82, 2.24) is 15.2 Å². The summed E-state index contributed by atoms with van der Waals surface area (Å²) in [7, 11) is 0. The number of nitrogens with one attached hydrogen (secondary N) is 2. The molecule has 132 valence electrons. The van der Waals surface area contributed by atoms with Gasteiger partial charge in [0.1, 0.15) is 11.3 Å². The largest absolute Gasteiger partial charge is 0.440 e. The maximum absolute atomic E-state index is 12.7. The first-order valence-electron chi connectivity index (χ1n) is 8.73. The van der Waals surface area contributed by atoms with Gasteiger partial charge in [0.2, 0.25) is 11.8 Å². The van der Waals surface area contributed by atoms with Crippen molar-refractivity contribution in [3.05, 3.63) is 24.0 Å². The molecule has 7 heteroatoms. The van der Waals surface area contributed by atoms with Gasteiger partial charge in [0.05, 0.1) is 0 Å². The van der Waals surface area contributed by atoms with Crippen molar-refractivity contribution < 1.29 is 14.0 Å². The van der Waals surface area contributed by atoms with Crippen LogP contribution in [0.4, 0.5) is 5.88 Å². The zero-order valence-electron chi connectivity index (χ0n) is 14.4. The molecule has 0 spiro atoms. The molecular weight excluding hydrogens is 320 g/mol. The van der Waals surface area contributed by atoms with Crippen LogP contribution >= 0.6 is 0 Å². The Labute approximate surface area is 145 Å². The average Bonchev–Trinajstić information content (AvgIpc) is 2.98. The molecule has 0 radical (unpaired) electrons. The molecule has 3 fully saturated rings. The molecule has 2 aromatic heterocycles. The molecule has 3 aliphatic heterocycles. The van der Waals surface area contributed by atoms with Gasteiger partial charge in [-0.3, -0.25) is 24.8 Å². The summed E-state index contributed by atoms with van der Waals surface area (Å²) in [6.07, 6.45) is 3.87. The zero-order chi connectivity index (χ0) is 17.6. The van der Waals surface area contributed by atoms with E-state index in [4.69, 9.17) is 4.42 Å². The van der Waals surface area contributed by atoms with Gasteiger partial charge in [-0.1, -0.05) is 0 Å². The van der Waals surface area contributed by atoms with Crippen LogP contribution in [0.1, 0.15) is 37.2 Å². The molecule has 0 aliphatic carbocycles. The van der Waals surface area contributed by atoms with E-state index in [2.05, 4.69) is 27.4 Å². The quantitative estimate of drug-likeness (QED) is 0.891. The third-order valence-corrected chi connectivity index (χ3v) is 5.41. The second-order valence-corrected chi connectivity index (χ2v) is 7.01. The highest BCUT2D eigenvalue weighted by atomic mass is 16.4. The first-order valence-corrected chi connectivity index (χ1v) is 8.73. The molecule has 3 aliphatic rings. The average molecular weight is 342 g/mol. The monoisotopic (exact) mass is 342 g/mol. The SMILES string of the molecule is CC(=O)Nc1cc2cnc(C(=O)N[C@@H]3C4CCN(CC4)[C@H]3C)cc2o1. The van der Waals surface area contributed by atoms with Crippen molar-refractivity contribution >= 4 is 28.7 Å². The van der Waals surface area contributed by atoms with E-state index in [1.54, 1.807) is 18.3 Å². The maximum atomic E-state index is 12.7. The maximum Gasteiger partial charge on any atom is 0.270 e. The lowest BCUT2D eigenvalue weighted by molar-refractivity contribution is -0.114. The third kappa shape index (κ3) is 3.00. The van der Waals surface area contributed by atoms with Gasteiger partial charge in [-0.25, -0.2) is 0 Å². The van der Waals surface area contributed by atoms with Gasteiger partial charge in [0, 0.05) is 42.7 Å². The summed E-state index contributed by atoms with van der Waals surface area (Å²) in [6.45, 7) is 5.85. The minimum Gasteiger partial charge on any atom is -0.440 e. The first kappa shape index (κ1) is 16.1. The molecule has 2 aromatic rings. The number of furan rings is 1. The Morgan fingerprint density at radius 3 is 2.72 bits per heavy atom. The van der Waals surface area contributed by atoms with Crippen molar-refractivity contribution in [3.63, 3.8) is 0 Å². The van der Waals surface area contributed by atoms with E-state index in [1.165, 1.54) is 6.92 Å². The topological polar surface area (TPSA) is 87.5 Å². The summed E-state index contributed by atoms with van der Waals surface area (Å²) in [5, 5.41) is 6.51. The molecule has 2 bridgehead atoms. The molecule has 2 N–H and O–H groups in total. The molecule has 2 atom stereocenters. The summed E-state index contributed by atoms with van der Waals surface area (Å²) < 4.78 is 5.57. The van der Waals surface area contributed by atoms with Gasteiger partial charge in [0.15, 0.2) is 0 Å². The molecule has 2 amide bonds. The minimum absolute atomic E-state index is 0.166. The number of piperidine rings is 3. The van der Waals surface area contributed by atoms with Crippen LogP contribution in [0.3, 0.4) is 0 Å². The van der Waals surface area contributed by atoms with Crippen LogP contribution in [0.15, 0.2) is 22.7 Å². The summed E-state index contributed by atoms with van der Waals surface area (Å²) >= 11 is 0. The second kappa shape index (κ2) is 6.15. The van der Waals surface area contributed by atoms with Gasteiger partial charge < -0.3 is 9.73 Å². The van der Waals surface area contributed by atoms with E-state index in [1.807, 2.05) is 0 Å². The van der Waals surface area contributed by atoms with Crippen molar-refractivity contribution in [2.24, 2.45) is 5.92 Å². The molecule has 5 rings (SSSR count). The van der Waals surface area contributed by atoms with Crippen molar-refractivity contribution in [2.45, 2.75) is 38.8 Å². The highest BCUT2D eigenvalue weighted by molar-refractivity contribution is 5.96. The number of nitrogens with zero attached hydrogens (tertiary/aromatic N) is 2. The molecule has 5 heterocycles. The van der Waals surface area contributed by atoms with Crippen LogP contribution in [0.5, 0.6) is 0 Å². The normalized spacial score (nSPS) is 28.1. The van der Waals surface area contributed by atoms with E-state index < -0.39 is 0 Å². The van der Waals surface area contributed by atoms with Crippen molar-refractivity contribution in [1.29, 1.82) is 0 Å². The van der Waals surface area contributed by atoms with Gasteiger partial charge in [-0.05, 0) is 38.8 Å². The van der Waals surface area contributed by atoms with Gasteiger partial charge in [-0.15, -0.1) is 0 Å². The fourth-order valence-electron chi connectivity index (χ4n) is 4.06. The number of carbonyl (C=O) groups excluding carboxylic acids is 2. The Morgan fingerprint density at radius 2 is 2.04 bits per heavy atom. The Kier molecular flexibility index (Phi) is 3.95. The molecule has 3 saturated heterocycles. The smallest absolute Gasteiger partial charge is 0.270 e. The van der Waals surface area contributed by atoms with Crippen LogP contribution in [0.2, 0.25) is 0 Å². The van der Waals surface area contributed by atoms with E-state index in [9.17, 15) is 9.59 Å². The Bertz CT molecular complexity index is 821. The van der Waals surface area contributed by atoms with Crippen LogP contribution in [0.25, 0.3) is 11.0 Å². The number of aromatic nitrogens is 1. The molecular formula is C18H22N4O3. The predicted octanol–water partition coefficient (Wildman–Crippen LogP) is 2.00. The van der Waals surface area contributed by atoms with Gasteiger partial charge in [-0.2, -0.15) is 0 Å². The number of hydrogen-bond acceptors (Lipinski definition) is 5. The highest BCUT2D eigenvalue weighted by Crippen LogP contribution is 2.32. The lowest BCUT2D eigenvalue weighted by atomic mass is 9.79. The second-order valence-electron chi connectivity index (χ2n) is 7.01. The zero-order valence-corrected chi connectivity index (χ0v) is 14.4. The highest BCUT2D eigenvalue weighted by Gasteiger charge is 2.40. The Balaban J connectivity index is 1.52. The lowest BCUT2D eigenvalue weighted by Crippen LogP contribution is -2.62. The third-order valence-electron chi connectivity index (χ3n) is 5.41. The number of hydrogen-bond donors (Lipinski definition) is 2. The standard InChI is InChI=1S/C18H22N4O3/c1-10-17(12-3-5-22(10)6-4-12)21-18(24)14-8-15-13(9-19-14)7-16(25-15)20-11(2)23/h7-10,12,17H,3-6H2,1-2H3,(H,20,23)(H,21,24)/t10-,17-/m0/s1. The molecule has 0 aromatic carbocycles. The minimum atomic E-state index is -0.207. The summed E-state index contributed by atoms with van der Waals surface area (Å²) in [5.41, 5.74) is 0.866. The predicted molar refractivity (Wildman–Crippen MR) is 93.3 cm³/mol. The van der Waals surface area contributed by atoms with Crippen LogP contribution in [-0.2, 0) is 4.79 Å². The van der Waals surface area contributed by atoms with E-state index >= 15 is 0 Å². The number of carbonyl (C=O) groups is 2. The van der Waals surface area contributed by atoms with Crippen LogP contribution in [-0.4, -0.2) is 46.9 Å². The van der Waals surface area contributed by atoms with Gasteiger partial charge in [0.25, 0.3) is 5.91 Å². The van der Waals surface area contributed by atoms with E-state index in [0.717, 1.165) is 31.3 Å².